The number of rotatable bonds is 7. The highest BCUT2D eigenvalue weighted by Crippen LogP contribution is 2.14. The fourth-order valence-corrected chi connectivity index (χ4v) is 1.82. The first kappa shape index (κ1) is 15.7. The fourth-order valence-electron chi connectivity index (χ4n) is 1.82. The highest BCUT2D eigenvalue weighted by Gasteiger charge is 2.07. The first-order valence-electron chi connectivity index (χ1n) is 6.98. The second-order valence-electron chi connectivity index (χ2n) is 5.18. The van der Waals surface area contributed by atoms with E-state index in [1.54, 1.807) is 0 Å². The Bertz CT molecular complexity index is 384. The molecule has 0 fully saturated rings. The van der Waals surface area contributed by atoms with Gasteiger partial charge in [-0.1, -0.05) is 45.0 Å². The number of esters is 1. The van der Waals surface area contributed by atoms with E-state index in [1.807, 2.05) is 0 Å². The summed E-state index contributed by atoms with van der Waals surface area (Å²) in [4.78, 5) is 10.8. The molecule has 0 heterocycles. The molecule has 1 N–H and O–H groups in total. The van der Waals surface area contributed by atoms with Crippen LogP contribution in [0.2, 0.25) is 0 Å². The van der Waals surface area contributed by atoms with Crippen molar-refractivity contribution in [3.05, 3.63) is 35.4 Å². The summed E-state index contributed by atoms with van der Waals surface area (Å²) in [6, 6.07) is 8.87. The van der Waals surface area contributed by atoms with Gasteiger partial charge in [0.1, 0.15) is 6.61 Å². The third-order valence-electron chi connectivity index (χ3n) is 3.22. The molecule has 0 aliphatic carbocycles. The minimum atomic E-state index is -0.221. The van der Waals surface area contributed by atoms with E-state index in [1.165, 1.54) is 18.1 Å². The van der Waals surface area contributed by atoms with Gasteiger partial charge in [-0.05, 0) is 23.5 Å². The normalized spacial score (nSPS) is 12.5. The van der Waals surface area contributed by atoms with Crippen LogP contribution < -0.4 is 5.32 Å². The minimum Gasteiger partial charge on any atom is -0.464 e. The van der Waals surface area contributed by atoms with E-state index in [2.05, 4.69) is 50.4 Å². The number of carbonyl (C=O) groups is 1. The van der Waals surface area contributed by atoms with Crippen LogP contribution in [0.25, 0.3) is 0 Å². The van der Waals surface area contributed by atoms with Crippen LogP contribution in [0.5, 0.6) is 0 Å². The Balaban J connectivity index is 2.43. The molecular weight excluding hydrogens is 238 g/mol. The van der Waals surface area contributed by atoms with Gasteiger partial charge in [-0.25, -0.2) is 0 Å². The van der Waals surface area contributed by atoms with E-state index in [0.717, 1.165) is 13.0 Å². The Kier molecular flexibility index (Phi) is 6.57. The summed E-state index contributed by atoms with van der Waals surface area (Å²) in [7, 11) is 0. The van der Waals surface area contributed by atoms with Crippen LogP contribution in [0.4, 0.5) is 0 Å². The highest BCUT2D eigenvalue weighted by molar-refractivity contribution is 5.65. The zero-order valence-corrected chi connectivity index (χ0v) is 12.4. The van der Waals surface area contributed by atoms with Gasteiger partial charge in [0, 0.05) is 19.5 Å². The molecule has 0 aliphatic rings. The molecule has 1 atom stereocenters. The van der Waals surface area contributed by atoms with Crippen LogP contribution in [0.1, 0.15) is 51.2 Å². The maximum Gasteiger partial charge on any atom is 0.302 e. The van der Waals surface area contributed by atoms with Gasteiger partial charge in [0.25, 0.3) is 0 Å². The van der Waals surface area contributed by atoms with Gasteiger partial charge in [-0.15, -0.1) is 0 Å². The molecule has 0 radical (unpaired) electrons. The molecule has 3 nitrogen and oxygen atoms in total. The number of nitrogens with one attached hydrogen (secondary N) is 1. The molecule has 3 heteroatoms. The molecule has 0 aromatic heterocycles. The number of carbonyl (C=O) groups excluding carboxylic acids is 1. The molecule has 1 aromatic carbocycles. The molecule has 0 saturated heterocycles. The van der Waals surface area contributed by atoms with Crippen molar-refractivity contribution < 1.29 is 9.53 Å². The predicted octanol–water partition coefficient (Wildman–Crippen LogP) is 3.24. The number of hydrogen-bond donors (Lipinski definition) is 1. The molecule has 106 valence electrons. The summed E-state index contributed by atoms with van der Waals surface area (Å²) in [5.41, 5.74) is 2.61. The van der Waals surface area contributed by atoms with E-state index in [0.29, 0.717) is 12.5 Å². The van der Waals surface area contributed by atoms with Crippen LogP contribution in [-0.4, -0.2) is 18.6 Å². The van der Waals surface area contributed by atoms with Crippen LogP contribution >= 0.6 is 0 Å². The molecule has 0 saturated carbocycles. The lowest BCUT2D eigenvalue weighted by Crippen LogP contribution is -2.33. The second kappa shape index (κ2) is 7.95. The van der Waals surface area contributed by atoms with Gasteiger partial charge < -0.3 is 10.1 Å². The Morgan fingerprint density at radius 1 is 1.26 bits per heavy atom. The van der Waals surface area contributed by atoms with Gasteiger partial charge in [0.2, 0.25) is 0 Å². The summed E-state index contributed by atoms with van der Waals surface area (Å²) in [5, 5.41) is 3.41. The molecule has 0 aliphatic heterocycles. The fraction of sp³-hybridized carbons (Fsp3) is 0.562. The average Bonchev–Trinajstić information content (AvgIpc) is 2.39. The van der Waals surface area contributed by atoms with Gasteiger partial charge in [-0.3, -0.25) is 4.79 Å². The topological polar surface area (TPSA) is 38.3 Å². The number of ether oxygens (including phenoxy) is 1. The Hall–Kier alpha value is -1.35. The van der Waals surface area contributed by atoms with Gasteiger partial charge in [0.15, 0.2) is 0 Å². The van der Waals surface area contributed by atoms with Gasteiger partial charge in [-0.2, -0.15) is 0 Å². The molecule has 0 bridgehead atoms. The largest absolute Gasteiger partial charge is 0.464 e. The summed E-state index contributed by atoms with van der Waals surface area (Å²) >= 11 is 0. The van der Waals surface area contributed by atoms with Crippen LogP contribution in [0.3, 0.4) is 0 Å². The molecular formula is C16H25NO2. The lowest BCUT2D eigenvalue weighted by atomic mass is 10.0. The van der Waals surface area contributed by atoms with E-state index >= 15 is 0 Å². The Labute approximate surface area is 116 Å². The second-order valence-corrected chi connectivity index (χ2v) is 5.18. The standard InChI is InChI=1S/C16H25NO2/c1-5-16(11-19-13(4)18)17-10-14-6-8-15(9-7-14)12(2)3/h6-9,12,16-17H,5,10-11H2,1-4H3. The molecule has 0 amide bonds. The number of hydrogen-bond acceptors (Lipinski definition) is 3. The van der Waals surface area contributed by atoms with Crippen LogP contribution in [0.15, 0.2) is 24.3 Å². The maximum absolute atomic E-state index is 10.8. The molecule has 19 heavy (non-hydrogen) atoms. The summed E-state index contributed by atoms with van der Waals surface area (Å²) < 4.78 is 5.03. The monoisotopic (exact) mass is 263 g/mol. The molecule has 0 spiro atoms. The molecule has 1 rings (SSSR count). The van der Waals surface area contributed by atoms with Gasteiger partial charge in [0.05, 0.1) is 0 Å². The Morgan fingerprint density at radius 2 is 1.89 bits per heavy atom. The van der Waals surface area contributed by atoms with Crippen LogP contribution in [0, 0.1) is 0 Å². The van der Waals surface area contributed by atoms with Crippen molar-refractivity contribution in [3.8, 4) is 0 Å². The minimum absolute atomic E-state index is 0.216. The highest BCUT2D eigenvalue weighted by atomic mass is 16.5. The van der Waals surface area contributed by atoms with E-state index in [9.17, 15) is 4.79 Å². The summed E-state index contributed by atoms with van der Waals surface area (Å²) in [6.07, 6.45) is 0.942. The van der Waals surface area contributed by atoms with Crippen molar-refractivity contribution in [2.24, 2.45) is 0 Å². The first-order valence-corrected chi connectivity index (χ1v) is 6.98. The van der Waals surface area contributed by atoms with Crippen molar-refractivity contribution in [2.45, 2.75) is 52.6 Å². The van der Waals surface area contributed by atoms with E-state index in [4.69, 9.17) is 4.74 Å². The van der Waals surface area contributed by atoms with Crippen LogP contribution in [-0.2, 0) is 16.1 Å². The quantitative estimate of drug-likeness (QED) is 0.767. The lowest BCUT2D eigenvalue weighted by molar-refractivity contribution is -0.141. The molecule has 1 unspecified atom stereocenters. The zero-order valence-electron chi connectivity index (χ0n) is 12.4. The van der Waals surface area contributed by atoms with Crippen molar-refractivity contribution in [3.63, 3.8) is 0 Å². The third-order valence-corrected chi connectivity index (χ3v) is 3.22. The van der Waals surface area contributed by atoms with Crippen molar-refractivity contribution in [2.75, 3.05) is 6.61 Å². The first-order chi connectivity index (χ1) is 9.02. The van der Waals surface area contributed by atoms with Crippen molar-refractivity contribution in [1.82, 2.24) is 5.32 Å². The summed E-state index contributed by atoms with van der Waals surface area (Å²) in [6.45, 7) is 9.16. The lowest BCUT2D eigenvalue weighted by Gasteiger charge is -2.17. The van der Waals surface area contributed by atoms with Crippen molar-refractivity contribution >= 4 is 5.97 Å². The predicted molar refractivity (Wildman–Crippen MR) is 78.1 cm³/mol. The maximum atomic E-state index is 10.8. The van der Waals surface area contributed by atoms with E-state index < -0.39 is 0 Å². The smallest absolute Gasteiger partial charge is 0.302 e. The molecule has 1 aromatic rings. The average molecular weight is 263 g/mol. The number of benzene rings is 1. The Morgan fingerprint density at radius 3 is 2.37 bits per heavy atom. The van der Waals surface area contributed by atoms with Crippen molar-refractivity contribution in [1.29, 1.82) is 0 Å². The summed E-state index contributed by atoms with van der Waals surface area (Å²) in [5.74, 6) is 0.343. The zero-order chi connectivity index (χ0) is 14.3. The SMILES string of the molecule is CCC(COC(C)=O)NCc1ccc(C(C)C)cc1. The van der Waals surface area contributed by atoms with Gasteiger partial charge >= 0.3 is 5.97 Å². The third kappa shape index (κ3) is 5.88. The van der Waals surface area contributed by atoms with E-state index in [-0.39, 0.29) is 12.0 Å².